The van der Waals surface area contributed by atoms with Crippen molar-refractivity contribution in [3.05, 3.63) is 24.2 Å². The number of amides is 2. The number of carbonyl (C=O) groups is 2. The van der Waals surface area contributed by atoms with Gasteiger partial charge in [0.15, 0.2) is 5.76 Å². The van der Waals surface area contributed by atoms with Crippen molar-refractivity contribution in [3.63, 3.8) is 0 Å². The number of likely N-dealkylation sites (tertiary alicyclic amines) is 1. The number of rotatable bonds is 7. The molecule has 1 aliphatic heterocycles. The van der Waals surface area contributed by atoms with Crippen LogP contribution in [0, 0.1) is 0 Å². The first-order valence-electron chi connectivity index (χ1n) is 8.01. The summed E-state index contributed by atoms with van der Waals surface area (Å²) in [6, 6.07) is 2.94. The smallest absolute Gasteiger partial charge is 0.290 e. The topological polar surface area (TPSA) is 65.8 Å². The Morgan fingerprint density at radius 2 is 2.18 bits per heavy atom. The molecular weight excluding hydrogens is 282 g/mol. The third kappa shape index (κ3) is 3.88. The molecule has 1 fully saturated rings. The van der Waals surface area contributed by atoms with E-state index in [1.807, 2.05) is 0 Å². The number of likely N-dealkylation sites (N-methyl/N-ethyl adjacent to an activating group) is 1. The van der Waals surface area contributed by atoms with Crippen molar-refractivity contribution in [2.45, 2.75) is 32.7 Å². The maximum absolute atomic E-state index is 12.3. The lowest BCUT2D eigenvalue weighted by molar-refractivity contribution is -0.124. The second-order valence-electron chi connectivity index (χ2n) is 5.45. The van der Waals surface area contributed by atoms with E-state index in [4.69, 9.17) is 4.42 Å². The van der Waals surface area contributed by atoms with Crippen molar-refractivity contribution in [1.29, 1.82) is 0 Å². The average Bonchev–Trinajstić information content (AvgIpc) is 3.22. The molecule has 0 spiro atoms. The highest BCUT2D eigenvalue weighted by Crippen LogP contribution is 2.20. The standard InChI is InChI=1S/C16H25N3O3/c1-3-18(4-2)11-9-17-15(20)13-7-5-10-19(13)16(21)14-8-6-12-22-14/h6,8,12-13H,3-5,7,9-11H2,1-2H3,(H,17,20). The average molecular weight is 307 g/mol. The maximum atomic E-state index is 12.3. The summed E-state index contributed by atoms with van der Waals surface area (Å²) in [6.07, 6.45) is 3.03. The number of furan rings is 1. The predicted octanol–water partition coefficient (Wildman–Crippen LogP) is 1.34. The predicted molar refractivity (Wildman–Crippen MR) is 83.6 cm³/mol. The van der Waals surface area contributed by atoms with Crippen molar-refractivity contribution in [2.75, 3.05) is 32.7 Å². The van der Waals surface area contributed by atoms with Gasteiger partial charge in [0.25, 0.3) is 5.91 Å². The third-order valence-corrected chi connectivity index (χ3v) is 4.17. The zero-order chi connectivity index (χ0) is 15.9. The third-order valence-electron chi connectivity index (χ3n) is 4.17. The maximum Gasteiger partial charge on any atom is 0.290 e. The molecule has 1 aliphatic rings. The molecule has 2 heterocycles. The van der Waals surface area contributed by atoms with Crippen LogP contribution in [0.1, 0.15) is 37.2 Å². The minimum absolute atomic E-state index is 0.0652. The van der Waals surface area contributed by atoms with Gasteiger partial charge in [-0.3, -0.25) is 9.59 Å². The van der Waals surface area contributed by atoms with Gasteiger partial charge in [-0.05, 0) is 38.1 Å². The van der Waals surface area contributed by atoms with Crippen LogP contribution in [0.4, 0.5) is 0 Å². The van der Waals surface area contributed by atoms with Crippen LogP contribution in [-0.4, -0.2) is 60.4 Å². The minimum Gasteiger partial charge on any atom is -0.459 e. The van der Waals surface area contributed by atoms with Crippen molar-refractivity contribution in [2.24, 2.45) is 0 Å². The molecule has 1 N–H and O–H groups in total. The van der Waals surface area contributed by atoms with Crippen LogP contribution in [0.5, 0.6) is 0 Å². The second kappa shape index (κ2) is 7.98. The van der Waals surface area contributed by atoms with Crippen molar-refractivity contribution in [3.8, 4) is 0 Å². The summed E-state index contributed by atoms with van der Waals surface area (Å²) in [6.45, 7) is 8.20. The fourth-order valence-electron chi connectivity index (χ4n) is 2.82. The van der Waals surface area contributed by atoms with Gasteiger partial charge >= 0.3 is 0 Å². The number of nitrogens with one attached hydrogen (secondary N) is 1. The van der Waals surface area contributed by atoms with Crippen LogP contribution in [0.3, 0.4) is 0 Å². The van der Waals surface area contributed by atoms with Gasteiger partial charge in [-0.25, -0.2) is 0 Å². The Hall–Kier alpha value is -1.82. The van der Waals surface area contributed by atoms with Gasteiger partial charge in [0, 0.05) is 19.6 Å². The second-order valence-corrected chi connectivity index (χ2v) is 5.45. The summed E-state index contributed by atoms with van der Waals surface area (Å²) in [5.74, 6) is 0.0267. The summed E-state index contributed by atoms with van der Waals surface area (Å²) in [4.78, 5) is 28.5. The molecule has 1 unspecified atom stereocenters. The molecule has 122 valence electrons. The summed E-state index contributed by atoms with van der Waals surface area (Å²) < 4.78 is 5.15. The zero-order valence-corrected chi connectivity index (χ0v) is 13.4. The van der Waals surface area contributed by atoms with E-state index >= 15 is 0 Å². The highest BCUT2D eigenvalue weighted by atomic mass is 16.3. The Kier molecular flexibility index (Phi) is 6.00. The first kappa shape index (κ1) is 16.5. The van der Waals surface area contributed by atoms with E-state index in [1.165, 1.54) is 6.26 Å². The highest BCUT2D eigenvalue weighted by Gasteiger charge is 2.35. The Bertz CT molecular complexity index is 483. The van der Waals surface area contributed by atoms with E-state index < -0.39 is 0 Å². The number of hydrogen-bond acceptors (Lipinski definition) is 4. The van der Waals surface area contributed by atoms with E-state index in [0.29, 0.717) is 25.3 Å². The molecule has 0 radical (unpaired) electrons. The lowest BCUT2D eigenvalue weighted by atomic mass is 10.2. The van der Waals surface area contributed by atoms with Gasteiger partial charge in [0.1, 0.15) is 6.04 Å². The molecule has 0 bridgehead atoms. The van der Waals surface area contributed by atoms with Crippen LogP contribution in [0.2, 0.25) is 0 Å². The molecule has 1 aromatic heterocycles. The van der Waals surface area contributed by atoms with Crippen LogP contribution in [0.25, 0.3) is 0 Å². The molecule has 0 saturated carbocycles. The molecule has 22 heavy (non-hydrogen) atoms. The van der Waals surface area contributed by atoms with Gasteiger partial charge in [-0.2, -0.15) is 0 Å². The molecule has 1 saturated heterocycles. The first-order valence-corrected chi connectivity index (χ1v) is 8.01. The fraction of sp³-hybridized carbons (Fsp3) is 0.625. The Labute approximate surface area is 131 Å². The molecule has 1 aromatic rings. The lowest BCUT2D eigenvalue weighted by Gasteiger charge is -2.24. The number of nitrogens with zero attached hydrogens (tertiary/aromatic N) is 2. The minimum atomic E-state index is -0.380. The molecule has 0 aliphatic carbocycles. The monoisotopic (exact) mass is 307 g/mol. The summed E-state index contributed by atoms with van der Waals surface area (Å²) in [5.41, 5.74) is 0. The first-order chi connectivity index (χ1) is 10.7. The van der Waals surface area contributed by atoms with E-state index in [0.717, 1.165) is 26.1 Å². The molecule has 2 rings (SSSR count). The summed E-state index contributed by atoms with van der Waals surface area (Å²) in [5, 5.41) is 2.95. The number of carbonyl (C=O) groups excluding carboxylic acids is 2. The van der Waals surface area contributed by atoms with E-state index in [2.05, 4.69) is 24.1 Å². The summed E-state index contributed by atoms with van der Waals surface area (Å²) >= 11 is 0. The van der Waals surface area contributed by atoms with E-state index in [1.54, 1.807) is 17.0 Å². The lowest BCUT2D eigenvalue weighted by Crippen LogP contribution is -2.47. The Morgan fingerprint density at radius 3 is 2.82 bits per heavy atom. The van der Waals surface area contributed by atoms with Crippen molar-refractivity contribution >= 4 is 11.8 Å². The number of hydrogen-bond donors (Lipinski definition) is 1. The van der Waals surface area contributed by atoms with Gasteiger partial charge < -0.3 is 19.5 Å². The molecule has 1 atom stereocenters. The van der Waals surface area contributed by atoms with Crippen LogP contribution in [0.15, 0.2) is 22.8 Å². The van der Waals surface area contributed by atoms with Crippen LogP contribution >= 0.6 is 0 Å². The molecular formula is C16H25N3O3. The molecule has 6 nitrogen and oxygen atoms in total. The largest absolute Gasteiger partial charge is 0.459 e. The van der Waals surface area contributed by atoms with Crippen molar-refractivity contribution in [1.82, 2.24) is 15.1 Å². The normalized spacial score (nSPS) is 18.0. The fourth-order valence-corrected chi connectivity index (χ4v) is 2.82. The SMILES string of the molecule is CCN(CC)CCNC(=O)C1CCCN1C(=O)c1ccco1. The zero-order valence-electron chi connectivity index (χ0n) is 13.4. The highest BCUT2D eigenvalue weighted by molar-refractivity contribution is 5.95. The van der Waals surface area contributed by atoms with Crippen LogP contribution in [-0.2, 0) is 4.79 Å². The van der Waals surface area contributed by atoms with Gasteiger partial charge in [-0.15, -0.1) is 0 Å². The Morgan fingerprint density at radius 1 is 1.41 bits per heavy atom. The molecule has 0 aromatic carbocycles. The van der Waals surface area contributed by atoms with Crippen molar-refractivity contribution < 1.29 is 14.0 Å². The van der Waals surface area contributed by atoms with E-state index in [9.17, 15) is 9.59 Å². The quantitative estimate of drug-likeness (QED) is 0.825. The molecule has 2 amide bonds. The van der Waals surface area contributed by atoms with Gasteiger partial charge in [0.2, 0.25) is 5.91 Å². The summed E-state index contributed by atoms with van der Waals surface area (Å²) in [7, 11) is 0. The Balaban J connectivity index is 1.87. The molecule has 6 heteroatoms. The van der Waals surface area contributed by atoms with Crippen LogP contribution < -0.4 is 5.32 Å². The van der Waals surface area contributed by atoms with Gasteiger partial charge in [0.05, 0.1) is 6.26 Å². The van der Waals surface area contributed by atoms with Gasteiger partial charge in [-0.1, -0.05) is 13.8 Å². The van der Waals surface area contributed by atoms with E-state index in [-0.39, 0.29) is 17.9 Å².